The number of carbonyl (C=O) groups excluding carboxylic acids is 1. The van der Waals surface area contributed by atoms with Crippen molar-refractivity contribution in [2.24, 2.45) is 0 Å². The highest BCUT2D eigenvalue weighted by Gasteiger charge is 2.22. The molecule has 2 aromatic carbocycles. The maximum atomic E-state index is 12.9. The average molecular weight is 518 g/mol. The standard InChI is InChI=1S/C24H27N3O6S2/c1-4-5-6-16-7-10-18(11-8-16)35(30,31)21-14-25-24(27-23(21)29)34-15-22(28)26-19-13-17(32-2)9-12-20(19)33-3/h7-14H,4-6,15H2,1-3H3,(H,26,28)(H,25,27,29). The van der Waals surface area contributed by atoms with Gasteiger partial charge in [0.15, 0.2) is 10.1 Å². The van der Waals surface area contributed by atoms with Crippen LogP contribution >= 0.6 is 11.8 Å². The molecule has 0 aliphatic rings. The number of methoxy groups -OCH3 is 2. The highest BCUT2D eigenvalue weighted by atomic mass is 32.2. The lowest BCUT2D eigenvalue weighted by Gasteiger charge is -2.11. The number of thioether (sulfide) groups is 1. The monoisotopic (exact) mass is 517 g/mol. The van der Waals surface area contributed by atoms with E-state index in [2.05, 4.69) is 22.2 Å². The average Bonchev–Trinajstić information content (AvgIpc) is 2.86. The van der Waals surface area contributed by atoms with Gasteiger partial charge in [-0.15, -0.1) is 0 Å². The molecule has 0 fully saturated rings. The number of aryl methyl sites for hydroxylation is 1. The number of anilines is 1. The third kappa shape index (κ3) is 6.64. The van der Waals surface area contributed by atoms with Crippen molar-refractivity contribution in [1.29, 1.82) is 0 Å². The molecule has 0 saturated heterocycles. The van der Waals surface area contributed by atoms with Crippen LogP contribution in [-0.4, -0.2) is 44.3 Å². The first kappa shape index (κ1) is 26.3. The Morgan fingerprint density at radius 3 is 2.49 bits per heavy atom. The van der Waals surface area contributed by atoms with Crippen LogP contribution in [0.2, 0.25) is 0 Å². The molecule has 0 atom stereocenters. The molecule has 0 radical (unpaired) electrons. The lowest BCUT2D eigenvalue weighted by Crippen LogP contribution is -2.20. The predicted octanol–water partition coefficient (Wildman–Crippen LogP) is 3.69. The first-order valence-corrected chi connectivity index (χ1v) is 13.3. The Kier molecular flexibility index (Phi) is 8.94. The summed E-state index contributed by atoms with van der Waals surface area (Å²) in [6, 6.07) is 11.5. The van der Waals surface area contributed by atoms with E-state index in [9.17, 15) is 18.0 Å². The zero-order valence-electron chi connectivity index (χ0n) is 19.7. The summed E-state index contributed by atoms with van der Waals surface area (Å²) in [6.07, 6.45) is 3.94. The number of hydrogen-bond acceptors (Lipinski definition) is 8. The molecule has 35 heavy (non-hydrogen) atoms. The van der Waals surface area contributed by atoms with Crippen molar-refractivity contribution in [2.45, 2.75) is 41.1 Å². The summed E-state index contributed by atoms with van der Waals surface area (Å²) < 4.78 is 36.2. The lowest BCUT2D eigenvalue weighted by atomic mass is 10.1. The number of benzene rings is 2. The largest absolute Gasteiger partial charge is 0.497 e. The molecule has 1 amide bonds. The number of aromatic nitrogens is 2. The molecular formula is C24H27N3O6S2. The van der Waals surface area contributed by atoms with Crippen molar-refractivity contribution in [1.82, 2.24) is 9.97 Å². The summed E-state index contributed by atoms with van der Waals surface area (Å²) in [4.78, 5) is 31.0. The number of aromatic amines is 1. The van der Waals surface area contributed by atoms with Gasteiger partial charge in [-0.25, -0.2) is 13.4 Å². The fraction of sp³-hybridized carbons (Fsp3) is 0.292. The Morgan fingerprint density at radius 1 is 1.11 bits per heavy atom. The molecular weight excluding hydrogens is 490 g/mol. The summed E-state index contributed by atoms with van der Waals surface area (Å²) >= 11 is 0.964. The number of sulfone groups is 1. The zero-order valence-corrected chi connectivity index (χ0v) is 21.3. The van der Waals surface area contributed by atoms with Gasteiger partial charge in [-0.2, -0.15) is 0 Å². The van der Waals surface area contributed by atoms with Crippen molar-refractivity contribution in [3.8, 4) is 11.5 Å². The normalized spacial score (nSPS) is 11.2. The van der Waals surface area contributed by atoms with Gasteiger partial charge in [0, 0.05) is 6.07 Å². The second kappa shape index (κ2) is 11.9. The molecule has 1 aromatic heterocycles. The van der Waals surface area contributed by atoms with Crippen molar-refractivity contribution < 1.29 is 22.7 Å². The quantitative estimate of drug-likeness (QED) is 0.291. The van der Waals surface area contributed by atoms with Crippen LogP contribution in [0.25, 0.3) is 0 Å². The Morgan fingerprint density at radius 2 is 1.86 bits per heavy atom. The van der Waals surface area contributed by atoms with E-state index in [1.54, 1.807) is 30.3 Å². The predicted molar refractivity (Wildman–Crippen MR) is 134 cm³/mol. The minimum atomic E-state index is -4.03. The van der Waals surface area contributed by atoms with Gasteiger partial charge in [0.1, 0.15) is 11.5 Å². The fourth-order valence-corrected chi connectivity index (χ4v) is 5.07. The summed E-state index contributed by atoms with van der Waals surface area (Å²) in [5.74, 6) is 0.564. The molecule has 3 aromatic rings. The number of H-pyrrole nitrogens is 1. The van der Waals surface area contributed by atoms with Crippen molar-refractivity contribution in [2.75, 3.05) is 25.3 Å². The van der Waals surface area contributed by atoms with Gasteiger partial charge in [0.05, 0.1) is 36.8 Å². The van der Waals surface area contributed by atoms with Crippen molar-refractivity contribution in [3.05, 3.63) is 64.6 Å². The van der Waals surface area contributed by atoms with E-state index < -0.39 is 20.3 Å². The SMILES string of the molecule is CCCCc1ccc(S(=O)(=O)c2cnc(SCC(=O)Nc3cc(OC)ccc3OC)[nH]c2=O)cc1. The number of hydrogen-bond donors (Lipinski definition) is 2. The number of rotatable bonds is 11. The van der Waals surface area contributed by atoms with Gasteiger partial charge in [0.25, 0.3) is 5.56 Å². The van der Waals surface area contributed by atoms with E-state index in [4.69, 9.17) is 9.47 Å². The van der Waals surface area contributed by atoms with Crippen LogP contribution < -0.4 is 20.3 Å². The molecule has 3 rings (SSSR count). The molecule has 0 unspecified atom stereocenters. The minimum Gasteiger partial charge on any atom is -0.497 e. The van der Waals surface area contributed by atoms with Crippen LogP contribution in [0, 0.1) is 0 Å². The number of nitrogens with one attached hydrogen (secondary N) is 2. The lowest BCUT2D eigenvalue weighted by molar-refractivity contribution is -0.113. The maximum absolute atomic E-state index is 12.9. The maximum Gasteiger partial charge on any atom is 0.270 e. The van der Waals surface area contributed by atoms with Crippen LogP contribution in [0.5, 0.6) is 11.5 Å². The number of unbranched alkanes of at least 4 members (excludes halogenated alkanes) is 1. The molecule has 1 heterocycles. The number of ether oxygens (including phenoxy) is 2. The molecule has 11 heteroatoms. The van der Waals surface area contributed by atoms with Gasteiger partial charge in [-0.1, -0.05) is 37.2 Å². The number of nitrogens with zero attached hydrogens (tertiary/aromatic N) is 1. The van der Waals surface area contributed by atoms with E-state index in [1.807, 2.05) is 0 Å². The van der Waals surface area contributed by atoms with Crippen molar-refractivity contribution in [3.63, 3.8) is 0 Å². The van der Waals surface area contributed by atoms with E-state index in [0.717, 1.165) is 42.8 Å². The van der Waals surface area contributed by atoms with Crippen LogP contribution in [0.15, 0.2) is 68.4 Å². The van der Waals surface area contributed by atoms with Crippen molar-refractivity contribution >= 4 is 33.2 Å². The topological polar surface area (TPSA) is 127 Å². The molecule has 0 saturated carbocycles. The molecule has 9 nitrogen and oxygen atoms in total. The Hall–Kier alpha value is -3.31. The van der Waals surface area contributed by atoms with Crippen LogP contribution in [-0.2, 0) is 21.1 Å². The van der Waals surface area contributed by atoms with E-state index in [1.165, 1.54) is 26.4 Å². The van der Waals surface area contributed by atoms with Crippen LogP contribution in [0.3, 0.4) is 0 Å². The molecule has 0 spiro atoms. The highest BCUT2D eigenvalue weighted by molar-refractivity contribution is 7.99. The minimum absolute atomic E-state index is 0.0251. The van der Waals surface area contributed by atoms with Gasteiger partial charge >= 0.3 is 0 Å². The van der Waals surface area contributed by atoms with E-state index >= 15 is 0 Å². The van der Waals surface area contributed by atoms with E-state index in [0.29, 0.717) is 17.2 Å². The highest BCUT2D eigenvalue weighted by Crippen LogP contribution is 2.29. The first-order valence-electron chi connectivity index (χ1n) is 10.9. The zero-order chi connectivity index (χ0) is 25.4. The Balaban J connectivity index is 1.68. The third-order valence-corrected chi connectivity index (χ3v) is 7.76. The fourth-order valence-electron chi connectivity index (χ4n) is 3.21. The second-order valence-corrected chi connectivity index (χ2v) is 10.4. The molecule has 0 aliphatic carbocycles. The third-order valence-electron chi connectivity index (χ3n) is 5.11. The molecule has 2 N–H and O–H groups in total. The summed E-state index contributed by atoms with van der Waals surface area (Å²) in [5, 5.41) is 2.84. The summed E-state index contributed by atoms with van der Waals surface area (Å²) in [7, 11) is -1.04. The van der Waals surface area contributed by atoms with E-state index in [-0.39, 0.29) is 21.7 Å². The second-order valence-electron chi connectivity index (χ2n) is 7.54. The van der Waals surface area contributed by atoms with Gasteiger partial charge in [-0.05, 0) is 42.7 Å². The number of amides is 1. The Bertz CT molecular complexity index is 1340. The van der Waals surface area contributed by atoms with Crippen LogP contribution in [0.4, 0.5) is 5.69 Å². The molecule has 0 aliphatic heterocycles. The number of carbonyl (C=O) groups is 1. The van der Waals surface area contributed by atoms with Gasteiger partial charge in [-0.3, -0.25) is 9.59 Å². The molecule has 186 valence electrons. The smallest absolute Gasteiger partial charge is 0.270 e. The Labute approximate surface area is 208 Å². The summed E-state index contributed by atoms with van der Waals surface area (Å²) in [5.41, 5.74) is 0.669. The van der Waals surface area contributed by atoms with Gasteiger partial charge in [0.2, 0.25) is 15.7 Å². The molecule has 0 bridgehead atoms. The first-order chi connectivity index (χ1) is 16.8. The van der Waals surface area contributed by atoms with Crippen LogP contribution in [0.1, 0.15) is 25.3 Å². The van der Waals surface area contributed by atoms with Gasteiger partial charge < -0.3 is 19.8 Å². The summed E-state index contributed by atoms with van der Waals surface area (Å²) in [6.45, 7) is 2.09.